The first-order valence-corrected chi connectivity index (χ1v) is 9.13. The summed E-state index contributed by atoms with van der Waals surface area (Å²) in [7, 11) is -3.51. The summed E-state index contributed by atoms with van der Waals surface area (Å²) >= 11 is 1.51. The fourth-order valence-corrected chi connectivity index (χ4v) is 3.80. The van der Waals surface area contributed by atoms with E-state index in [1.807, 2.05) is 13.0 Å². The average molecular weight is 338 g/mol. The lowest BCUT2D eigenvalue weighted by molar-refractivity contribution is 0.102. The van der Waals surface area contributed by atoms with Crippen LogP contribution in [0.25, 0.3) is 0 Å². The van der Waals surface area contributed by atoms with Gasteiger partial charge in [-0.25, -0.2) is 13.1 Å². The quantitative estimate of drug-likeness (QED) is 0.880. The van der Waals surface area contributed by atoms with Crippen LogP contribution in [-0.2, 0) is 10.0 Å². The van der Waals surface area contributed by atoms with E-state index in [1.165, 1.54) is 23.5 Å². The maximum atomic E-state index is 12.0. The molecule has 1 amide bonds. The van der Waals surface area contributed by atoms with E-state index in [2.05, 4.69) is 10.0 Å². The number of benzene rings is 1. The number of anilines is 1. The number of aryl methyl sites for hydroxylation is 1. The Kier molecular flexibility index (Phi) is 5.00. The molecule has 0 unspecified atom stereocenters. The predicted octanol–water partition coefficient (Wildman–Crippen LogP) is 3.00. The fraction of sp³-hybridized carbons (Fsp3) is 0.267. The smallest absolute Gasteiger partial charge is 0.256 e. The van der Waals surface area contributed by atoms with Crippen LogP contribution in [0.1, 0.15) is 29.1 Å². The minimum Gasteiger partial charge on any atom is -0.322 e. The van der Waals surface area contributed by atoms with Gasteiger partial charge in [-0.2, -0.15) is 0 Å². The van der Waals surface area contributed by atoms with Crippen molar-refractivity contribution in [1.82, 2.24) is 4.72 Å². The van der Waals surface area contributed by atoms with Crippen LogP contribution in [0.4, 0.5) is 5.69 Å². The monoisotopic (exact) mass is 338 g/mol. The third-order valence-corrected chi connectivity index (χ3v) is 5.34. The second-order valence-corrected chi connectivity index (χ2v) is 8.03. The first-order valence-electron chi connectivity index (χ1n) is 6.77. The van der Waals surface area contributed by atoms with Gasteiger partial charge in [-0.1, -0.05) is 0 Å². The standard InChI is InChI=1S/C15H18N2O3S2/c1-10(2)17-22(19,20)14-6-4-13(5-7-14)16-15(18)12-8-11(3)21-9-12/h4-10,17H,1-3H3,(H,16,18). The van der Waals surface area contributed by atoms with Gasteiger partial charge in [0.25, 0.3) is 5.91 Å². The van der Waals surface area contributed by atoms with Gasteiger partial charge in [0.1, 0.15) is 0 Å². The minimum absolute atomic E-state index is 0.172. The summed E-state index contributed by atoms with van der Waals surface area (Å²) in [5.41, 5.74) is 1.15. The van der Waals surface area contributed by atoms with Gasteiger partial charge in [-0.15, -0.1) is 11.3 Å². The van der Waals surface area contributed by atoms with Gasteiger partial charge < -0.3 is 5.32 Å². The Morgan fingerprint density at radius 3 is 2.32 bits per heavy atom. The molecule has 7 heteroatoms. The number of nitrogens with one attached hydrogen (secondary N) is 2. The van der Waals surface area contributed by atoms with Crippen LogP contribution in [0, 0.1) is 6.92 Å². The van der Waals surface area contributed by atoms with Crippen molar-refractivity contribution >= 4 is 33.0 Å². The second-order valence-electron chi connectivity index (χ2n) is 5.20. The van der Waals surface area contributed by atoms with E-state index < -0.39 is 10.0 Å². The van der Waals surface area contributed by atoms with Gasteiger partial charge in [-0.05, 0) is 51.1 Å². The number of sulfonamides is 1. The van der Waals surface area contributed by atoms with Gasteiger partial charge in [0.15, 0.2) is 0 Å². The molecule has 1 aromatic heterocycles. The third-order valence-electron chi connectivity index (χ3n) is 2.81. The molecule has 0 aliphatic rings. The number of hydrogen-bond acceptors (Lipinski definition) is 4. The van der Waals surface area contributed by atoms with Gasteiger partial charge in [0, 0.05) is 22.0 Å². The summed E-state index contributed by atoms with van der Waals surface area (Å²) in [5.74, 6) is -0.208. The van der Waals surface area contributed by atoms with Crippen LogP contribution in [0.2, 0.25) is 0 Å². The molecule has 0 saturated heterocycles. The first-order chi connectivity index (χ1) is 10.3. The minimum atomic E-state index is -3.51. The number of carbonyl (C=O) groups is 1. The number of rotatable bonds is 5. The largest absolute Gasteiger partial charge is 0.322 e. The van der Waals surface area contributed by atoms with E-state index in [-0.39, 0.29) is 16.8 Å². The molecule has 0 saturated carbocycles. The van der Waals surface area contributed by atoms with Gasteiger partial charge in [0.05, 0.1) is 10.5 Å². The summed E-state index contributed by atoms with van der Waals surface area (Å²) in [6, 6.07) is 7.73. The SMILES string of the molecule is Cc1cc(C(=O)Nc2ccc(S(=O)(=O)NC(C)C)cc2)cs1. The van der Waals surface area contributed by atoms with Crippen molar-refractivity contribution in [3.63, 3.8) is 0 Å². The Balaban J connectivity index is 2.11. The first kappa shape index (κ1) is 16.7. The molecule has 0 spiro atoms. The second kappa shape index (κ2) is 6.60. The van der Waals surface area contributed by atoms with Gasteiger partial charge in [0.2, 0.25) is 10.0 Å². The fourth-order valence-electron chi connectivity index (χ4n) is 1.86. The molecule has 2 rings (SSSR count). The summed E-state index contributed by atoms with van der Waals surface area (Å²) in [6.45, 7) is 5.45. The Morgan fingerprint density at radius 2 is 1.82 bits per heavy atom. The van der Waals surface area contributed by atoms with Crippen LogP contribution in [0.3, 0.4) is 0 Å². The maximum absolute atomic E-state index is 12.0. The average Bonchev–Trinajstić information content (AvgIpc) is 2.85. The molecular weight excluding hydrogens is 320 g/mol. The van der Waals surface area contributed by atoms with Crippen LogP contribution in [-0.4, -0.2) is 20.4 Å². The van der Waals surface area contributed by atoms with Gasteiger partial charge >= 0.3 is 0 Å². The topological polar surface area (TPSA) is 75.3 Å². The van der Waals surface area contributed by atoms with Crippen molar-refractivity contribution in [2.75, 3.05) is 5.32 Å². The zero-order valence-electron chi connectivity index (χ0n) is 12.6. The third kappa shape index (κ3) is 4.16. The van der Waals surface area contributed by atoms with Crippen molar-refractivity contribution < 1.29 is 13.2 Å². The summed E-state index contributed by atoms with van der Waals surface area (Å²) < 4.78 is 26.5. The highest BCUT2D eigenvalue weighted by molar-refractivity contribution is 7.89. The van der Waals surface area contributed by atoms with Crippen molar-refractivity contribution in [2.24, 2.45) is 0 Å². The summed E-state index contributed by atoms with van der Waals surface area (Å²) in [4.78, 5) is 13.3. The van der Waals surface area contributed by atoms with Crippen molar-refractivity contribution in [3.05, 3.63) is 46.2 Å². The van der Waals surface area contributed by atoms with Crippen molar-refractivity contribution in [3.8, 4) is 0 Å². The van der Waals surface area contributed by atoms with Gasteiger partial charge in [-0.3, -0.25) is 4.79 Å². The number of hydrogen-bond donors (Lipinski definition) is 2. The van der Waals surface area contributed by atoms with Crippen LogP contribution in [0.15, 0.2) is 40.6 Å². The van der Waals surface area contributed by atoms with E-state index in [0.29, 0.717) is 11.3 Å². The zero-order valence-corrected chi connectivity index (χ0v) is 14.2. The molecule has 0 aliphatic heterocycles. The molecule has 0 radical (unpaired) electrons. The lowest BCUT2D eigenvalue weighted by atomic mass is 10.2. The van der Waals surface area contributed by atoms with Crippen molar-refractivity contribution in [1.29, 1.82) is 0 Å². The Hall–Kier alpha value is -1.70. The van der Waals surface area contributed by atoms with E-state index in [9.17, 15) is 13.2 Å². The molecule has 0 fully saturated rings. The molecule has 0 bridgehead atoms. The molecule has 2 aromatic rings. The van der Waals surface area contributed by atoms with Crippen LogP contribution in [0.5, 0.6) is 0 Å². The molecule has 2 N–H and O–H groups in total. The highest BCUT2D eigenvalue weighted by Gasteiger charge is 2.15. The molecule has 5 nitrogen and oxygen atoms in total. The van der Waals surface area contributed by atoms with E-state index in [1.54, 1.807) is 31.4 Å². The Bertz CT molecular complexity index is 762. The normalized spacial score (nSPS) is 11.6. The molecule has 0 atom stereocenters. The molecule has 1 aromatic carbocycles. The Labute approximate surface area is 134 Å². The highest BCUT2D eigenvalue weighted by atomic mass is 32.2. The molecule has 118 valence electrons. The van der Waals surface area contributed by atoms with Crippen molar-refractivity contribution in [2.45, 2.75) is 31.7 Å². The van der Waals surface area contributed by atoms with E-state index in [4.69, 9.17) is 0 Å². The predicted molar refractivity (Wildman–Crippen MR) is 88.9 cm³/mol. The number of carbonyl (C=O) groups excluding carboxylic acids is 1. The van der Waals surface area contributed by atoms with E-state index >= 15 is 0 Å². The molecule has 22 heavy (non-hydrogen) atoms. The molecule has 1 heterocycles. The highest BCUT2D eigenvalue weighted by Crippen LogP contribution is 2.17. The Morgan fingerprint density at radius 1 is 1.18 bits per heavy atom. The summed E-state index contributed by atoms with van der Waals surface area (Å²) in [5, 5.41) is 4.53. The van der Waals surface area contributed by atoms with Crippen LogP contribution < -0.4 is 10.0 Å². The lowest BCUT2D eigenvalue weighted by Gasteiger charge is -2.10. The number of amides is 1. The lowest BCUT2D eigenvalue weighted by Crippen LogP contribution is -2.30. The van der Waals surface area contributed by atoms with Crippen LogP contribution >= 0.6 is 11.3 Å². The maximum Gasteiger partial charge on any atom is 0.256 e. The zero-order chi connectivity index (χ0) is 16.3. The summed E-state index contributed by atoms with van der Waals surface area (Å²) in [6.07, 6.45) is 0. The molecule has 0 aliphatic carbocycles. The number of thiophene rings is 1. The van der Waals surface area contributed by atoms with E-state index in [0.717, 1.165) is 4.88 Å². The molecular formula is C15H18N2O3S2.